The average Bonchev–Trinajstić information content (AvgIpc) is 2.07. The van der Waals surface area contributed by atoms with Crippen LogP contribution in [0.3, 0.4) is 0 Å². The molecule has 1 aliphatic carbocycles. The Balaban J connectivity index is 2.29. The molecule has 0 amide bonds. The summed E-state index contributed by atoms with van der Waals surface area (Å²) >= 11 is 0. The van der Waals surface area contributed by atoms with Crippen LogP contribution in [0.5, 0.6) is 0 Å². The van der Waals surface area contributed by atoms with Gasteiger partial charge in [0, 0.05) is 6.04 Å². The van der Waals surface area contributed by atoms with Gasteiger partial charge in [-0.1, -0.05) is 32.1 Å². The minimum Gasteiger partial charge on any atom is -0.392 e. The fourth-order valence-electron chi connectivity index (χ4n) is 1.67. The summed E-state index contributed by atoms with van der Waals surface area (Å²) in [6.45, 7) is 0. The predicted octanol–water partition coefficient (Wildman–Crippen LogP) is 1.42. The van der Waals surface area contributed by atoms with Crippen molar-refractivity contribution in [3.63, 3.8) is 0 Å². The zero-order valence-electron chi connectivity index (χ0n) is 7.13. The third-order valence-corrected chi connectivity index (χ3v) is 2.53. The molecule has 0 bridgehead atoms. The molecule has 0 aliphatic heterocycles. The lowest BCUT2D eigenvalue weighted by molar-refractivity contribution is 0.129. The summed E-state index contributed by atoms with van der Waals surface area (Å²) in [6, 6.07) is 0.0353. The van der Waals surface area contributed by atoms with Gasteiger partial charge < -0.3 is 10.8 Å². The summed E-state index contributed by atoms with van der Waals surface area (Å²) in [6.07, 6.45) is 7.88. The molecule has 0 radical (unpaired) electrons. The molecule has 0 saturated heterocycles. The highest BCUT2D eigenvalue weighted by Crippen LogP contribution is 2.15. The largest absolute Gasteiger partial charge is 0.392 e. The van der Waals surface area contributed by atoms with Crippen molar-refractivity contribution in [2.45, 2.75) is 57.1 Å². The van der Waals surface area contributed by atoms with Gasteiger partial charge in [-0.25, -0.2) is 0 Å². The van der Waals surface area contributed by atoms with Gasteiger partial charge in [-0.15, -0.1) is 0 Å². The normalized spacial score (nSPS) is 35.5. The SMILES string of the molecule is N[C@H]1CCCCCCC[C@H]1O. The Bertz CT molecular complexity index is 93.7. The van der Waals surface area contributed by atoms with E-state index in [-0.39, 0.29) is 12.1 Å². The standard InChI is InChI=1S/C9H19NO/c10-8-6-4-2-1-3-5-7-9(8)11/h8-9,11H,1-7,10H2/t8-,9+/m0/s1. The van der Waals surface area contributed by atoms with Crippen molar-refractivity contribution in [2.75, 3.05) is 0 Å². The maximum Gasteiger partial charge on any atom is 0.0691 e. The Morgan fingerprint density at radius 1 is 0.909 bits per heavy atom. The summed E-state index contributed by atoms with van der Waals surface area (Å²) in [5.74, 6) is 0. The number of rotatable bonds is 0. The van der Waals surface area contributed by atoms with E-state index in [1.165, 1.54) is 25.7 Å². The second kappa shape index (κ2) is 4.73. The molecule has 0 aromatic heterocycles. The third kappa shape index (κ3) is 3.21. The fraction of sp³-hybridized carbons (Fsp3) is 1.00. The van der Waals surface area contributed by atoms with Crippen molar-refractivity contribution in [3.05, 3.63) is 0 Å². The molecule has 0 unspecified atom stereocenters. The highest BCUT2D eigenvalue weighted by atomic mass is 16.3. The third-order valence-electron chi connectivity index (χ3n) is 2.53. The zero-order valence-corrected chi connectivity index (χ0v) is 7.13. The highest BCUT2D eigenvalue weighted by molar-refractivity contribution is 4.73. The first-order valence-corrected chi connectivity index (χ1v) is 4.74. The summed E-state index contributed by atoms with van der Waals surface area (Å²) in [5, 5.41) is 9.48. The van der Waals surface area contributed by atoms with Crippen LogP contribution in [0.4, 0.5) is 0 Å². The molecule has 0 aromatic carbocycles. The van der Waals surface area contributed by atoms with Crippen LogP contribution < -0.4 is 5.73 Å². The molecule has 2 atom stereocenters. The Labute approximate surface area is 68.8 Å². The Morgan fingerprint density at radius 2 is 1.45 bits per heavy atom. The quantitative estimate of drug-likeness (QED) is 0.558. The first-order valence-electron chi connectivity index (χ1n) is 4.74. The molecule has 1 aliphatic rings. The molecule has 2 nitrogen and oxygen atoms in total. The van der Waals surface area contributed by atoms with Crippen LogP contribution in [-0.2, 0) is 0 Å². The van der Waals surface area contributed by atoms with Gasteiger partial charge in [-0.3, -0.25) is 0 Å². The number of aliphatic hydroxyl groups excluding tert-OH is 1. The molecule has 11 heavy (non-hydrogen) atoms. The monoisotopic (exact) mass is 157 g/mol. The van der Waals surface area contributed by atoms with Gasteiger partial charge in [-0.2, -0.15) is 0 Å². The molecule has 0 aromatic rings. The van der Waals surface area contributed by atoms with Crippen LogP contribution in [0, 0.1) is 0 Å². The lowest BCUT2D eigenvalue weighted by Gasteiger charge is -2.16. The second-order valence-electron chi connectivity index (χ2n) is 3.58. The van der Waals surface area contributed by atoms with Crippen molar-refractivity contribution in [1.29, 1.82) is 0 Å². The van der Waals surface area contributed by atoms with E-state index in [2.05, 4.69) is 0 Å². The summed E-state index contributed by atoms with van der Waals surface area (Å²) in [4.78, 5) is 0. The average molecular weight is 157 g/mol. The maximum atomic E-state index is 9.48. The molecular weight excluding hydrogens is 138 g/mol. The van der Waals surface area contributed by atoms with Gasteiger partial charge >= 0.3 is 0 Å². The van der Waals surface area contributed by atoms with Gasteiger partial charge in [0.1, 0.15) is 0 Å². The topological polar surface area (TPSA) is 46.2 Å². The lowest BCUT2D eigenvalue weighted by Crippen LogP contribution is -2.34. The van der Waals surface area contributed by atoms with E-state index in [9.17, 15) is 5.11 Å². The van der Waals surface area contributed by atoms with E-state index in [4.69, 9.17) is 5.73 Å². The van der Waals surface area contributed by atoms with E-state index in [1.54, 1.807) is 0 Å². The smallest absolute Gasteiger partial charge is 0.0691 e. The predicted molar refractivity (Wildman–Crippen MR) is 46.3 cm³/mol. The number of hydrogen-bond acceptors (Lipinski definition) is 2. The first kappa shape index (κ1) is 9.01. The minimum absolute atomic E-state index is 0.0353. The van der Waals surface area contributed by atoms with E-state index < -0.39 is 0 Å². The maximum absolute atomic E-state index is 9.48. The number of aliphatic hydroxyl groups is 1. The van der Waals surface area contributed by atoms with E-state index >= 15 is 0 Å². The van der Waals surface area contributed by atoms with Gasteiger partial charge in [-0.05, 0) is 12.8 Å². The molecule has 0 spiro atoms. The van der Waals surface area contributed by atoms with Crippen LogP contribution in [0.15, 0.2) is 0 Å². The Morgan fingerprint density at radius 3 is 2.18 bits per heavy atom. The van der Waals surface area contributed by atoms with Gasteiger partial charge in [0.15, 0.2) is 0 Å². The lowest BCUT2D eigenvalue weighted by atomic mass is 10.0. The Hall–Kier alpha value is -0.0800. The van der Waals surface area contributed by atoms with Crippen molar-refractivity contribution in [2.24, 2.45) is 5.73 Å². The van der Waals surface area contributed by atoms with Crippen molar-refractivity contribution >= 4 is 0 Å². The van der Waals surface area contributed by atoms with Crippen molar-refractivity contribution in [3.8, 4) is 0 Å². The van der Waals surface area contributed by atoms with E-state index in [0.29, 0.717) is 0 Å². The first-order chi connectivity index (χ1) is 5.30. The Kier molecular flexibility index (Phi) is 3.87. The van der Waals surface area contributed by atoms with Crippen LogP contribution >= 0.6 is 0 Å². The molecule has 1 fully saturated rings. The fourth-order valence-corrected chi connectivity index (χ4v) is 1.67. The van der Waals surface area contributed by atoms with Crippen molar-refractivity contribution in [1.82, 2.24) is 0 Å². The van der Waals surface area contributed by atoms with E-state index in [1.807, 2.05) is 0 Å². The highest BCUT2D eigenvalue weighted by Gasteiger charge is 2.14. The molecule has 66 valence electrons. The van der Waals surface area contributed by atoms with Crippen LogP contribution in [0.25, 0.3) is 0 Å². The molecular formula is C9H19NO. The molecule has 0 heterocycles. The minimum atomic E-state index is -0.243. The molecule has 3 N–H and O–H groups in total. The van der Waals surface area contributed by atoms with Gasteiger partial charge in [0.05, 0.1) is 6.10 Å². The number of nitrogens with two attached hydrogens (primary N) is 1. The second-order valence-corrected chi connectivity index (χ2v) is 3.58. The van der Waals surface area contributed by atoms with Gasteiger partial charge in [0.2, 0.25) is 0 Å². The summed E-state index contributed by atoms with van der Waals surface area (Å²) in [7, 11) is 0. The molecule has 1 saturated carbocycles. The molecule has 1 rings (SSSR count). The van der Waals surface area contributed by atoms with Crippen molar-refractivity contribution < 1.29 is 5.11 Å². The number of hydrogen-bond donors (Lipinski definition) is 2. The summed E-state index contributed by atoms with van der Waals surface area (Å²) < 4.78 is 0. The van der Waals surface area contributed by atoms with Gasteiger partial charge in [0.25, 0.3) is 0 Å². The van der Waals surface area contributed by atoms with Crippen LogP contribution in [0.2, 0.25) is 0 Å². The van der Waals surface area contributed by atoms with Crippen LogP contribution in [-0.4, -0.2) is 17.3 Å². The zero-order chi connectivity index (χ0) is 8.10. The summed E-state index contributed by atoms with van der Waals surface area (Å²) in [5.41, 5.74) is 5.77. The van der Waals surface area contributed by atoms with E-state index in [0.717, 1.165) is 19.3 Å². The molecule has 2 heteroatoms. The van der Waals surface area contributed by atoms with Crippen LogP contribution in [0.1, 0.15) is 44.9 Å².